The number of hydrogen-bond acceptors (Lipinski definition) is 4. The van der Waals surface area contributed by atoms with Gasteiger partial charge in [0.15, 0.2) is 0 Å². The molecule has 2 amide bonds. The normalized spacial score (nSPS) is 22.6. The van der Waals surface area contributed by atoms with Crippen LogP contribution in [-0.4, -0.2) is 79.6 Å². The number of likely N-dealkylation sites (N-methyl/N-ethyl adjacent to an activating group) is 1. The Kier molecular flexibility index (Phi) is 6.24. The van der Waals surface area contributed by atoms with Crippen LogP contribution in [0, 0.1) is 0 Å². The highest BCUT2D eigenvalue weighted by atomic mass is 16.6. The van der Waals surface area contributed by atoms with Crippen molar-refractivity contribution in [2.24, 2.45) is 0 Å². The van der Waals surface area contributed by atoms with Crippen molar-refractivity contribution < 1.29 is 14.3 Å². The fourth-order valence-corrected chi connectivity index (χ4v) is 2.79. The molecule has 0 spiro atoms. The lowest BCUT2D eigenvalue weighted by Gasteiger charge is -2.27. The van der Waals surface area contributed by atoms with Gasteiger partial charge in [-0.05, 0) is 33.4 Å². The van der Waals surface area contributed by atoms with Crippen LogP contribution in [0.5, 0.6) is 0 Å². The van der Waals surface area contributed by atoms with Crippen LogP contribution in [0.2, 0.25) is 0 Å². The van der Waals surface area contributed by atoms with Crippen molar-refractivity contribution in [3.05, 3.63) is 12.2 Å². The highest BCUT2D eigenvalue weighted by Gasteiger charge is 2.29. The van der Waals surface area contributed by atoms with Gasteiger partial charge < -0.3 is 19.4 Å². The Hall–Kier alpha value is -1.56. The lowest BCUT2D eigenvalue weighted by molar-refractivity contribution is -0.125. The molecule has 2 heterocycles. The highest BCUT2D eigenvalue weighted by molar-refractivity contribution is 5.87. The summed E-state index contributed by atoms with van der Waals surface area (Å²) in [5.74, 6) is -0.00151. The van der Waals surface area contributed by atoms with E-state index in [0.29, 0.717) is 13.1 Å². The van der Waals surface area contributed by atoms with E-state index in [1.807, 2.05) is 25.1 Å². The zero-order valence-corrected chi connectivity index (χ0v) is 13.7. The number of amides is 2. The van der Waals surface area contributed by atoms with Crippen molar-refractivity contribution in [3.8, 4) is 0 Å². The zero-order valence-electron chi connectivity index (χ0n) is 13.7. The minimum absolute atomic E-state index is 0.00151. The number of hydrogen-bond donors (Lipinski definition) is 0. The maximum Gasteiger partial charge on any atom is 0.410 e. The minimum atomic E-state index is -0.220. The standard InChI is InChI=1S/C16H27N3O3/c1-17(2)9-6-7-15(20)19-12-8-14(13-19)22-16(21)18-10-4-3-5-11-18/h6-7,14H,3-5,8-13H2,1-2H3/b7-6+/t14-/m1/s1. The summed E-state index contributed by atoms with van der Waals surface area (Å²) in [4.78, 5) is 29.6. The second-order valence-electron chi connectivity index (χ2n) is 6.29. The van der Waals surface area contributed by atoms with Crippen LogP contribution in [0.25, 0.3) is 0 Å². The Balaban J connectivity index is 1.73. The molecule has 2 aliphatic heterocycles. The predicted octanol–water partition coefficient (Wildman–Crippen LogP) is 1.33. The second kappa shape index (κ2) is 8.17. The Labute approximate surface area is 132 Å². The zero-order chi connectivity index (χ0) is 15.9. The van der Waals surface area contributed by atoms with Gasteiger partial charge in [-0.25, -0.2) is 4.79 Å². The first-order valence-electron chi connectivity index (χ1n) is 8.12. The summed E-state index contributed by atoms with van der Waals surface area (Å²) in [7, 11) is 3.92. The third-order valence-corrected chi connectivity index (χ3v) is 4.07. The maximum absolute atomic E-state index is 12.1. The largest absolute Gasteiger partial charge is 0.444 e. The first-order valence-corrected chi connectivity index (χ1v) is 8.12. The van der Waals surface area contributed by atoms with Gasteiger partial charge in [0.25, 0.3) is 0 Å². The number of piperidine rings is 1. The van der Waals surface area contributed by atoms with Crippen molar-refractivity contribution in [1.29, 1.82) is 0 Å². The fraction of sp³-hybridized carbons (Fsp3) is 0.750. The quantitative estimate of drug-likeness (QED) is 0.735. The van der Waals surface area contributed by atoms with E-state index in [4.69, 9.17) is 4.74 Å². The van der Waals surface area contributed by atoms with Crippen LogP contribution in [0.1, 0.15) is 25.7 Å². The van der Waals surface area contributed by atoms with E-state index in [-0.39, 0.29) is 18.1 Å². The molecule has 0 N–H and O–H groups in total. The molecule has 0 unspecified atom stereocenters. The third-order valence-electron chi connectivity index (χ3n) is 4.07. The second-order valence-corrected chi connectivity index (χ2v) is 6.29. The molecule has 0 aromatic carbocycles. The van der Waals surface area contributed by atoms with Crippen LogP contribution in [-0.2, 0) is 9.53 Å². The molecular weight excluding hydrogens is 282 g/mol. The number of nitrogens with zero attached hydrogens (tertiary/aromatic N) is 3. The number of rotatable bonds is 4. The highest BCUT2D eigenvalue weighted by Crippen LogP contribution is 2.16. The van der Waals surface area contributed by atoms with Gasteiger partial charge in [0, 0.05) is 38.7 Å². The van der Waals surface area contributed by atoms with Gasteiger partial charge in [-0.2, -0.15) is 0 Å². The van der Waals surface area contributed by atoms with Crippen LogP contribution >= 0.6 is 0 Å². The molecule has 2 fully saturated rings. The van der Waals surface area contributed by atoms with E-state index in [9.17, 15) is 9.59 Å². The number of carbonyl (C=O) groups is 2. The number of carbonyl (C=O) groups excluding carboxylic acids is 2. The smallest absolute Gasteiger partial charge is 0.410 e. The Morgan fingerprint density at radius 2 is 1.86 bits per heavy atom. The van der Waals surface area contributed by atoms with Gasteiger partial charge >= 0.3 is 6.09 Å². The minimum Gasteiger partial charge on any atom is -0.444 e. The molecule has 0 radical (unpaired) electrons. The van der Waals surface area contributed by atoms with Gasteiger partial charge in [0.1, 0.15) is 6.10 Å². The van der Waals surface area contributed by atoms with Gasteiger partial charge in [-0.3, -0.25) is 4.79 Å². The van der Waals surface area contributed by atoms with Gasteiger partial charge in [0.05, 0.1) is 6.54 Å². The van der Waals surface area contributed by atoms with Crippen molar-refractivity contribution in [1.82, 2.24) is 14.7 Å². The molecule has 22 heavy (non-hydrogen) atoms. The lowest BCUT2D eigenvalue weighted by Crippen LogP contribution is -2.38. The van der Waals surface area contributed by atoms with E-state index in [0.717, 1.165) is 38.9 Å². The molecule has 0 bridgehead atoms. The van der Waals surface area contributed by atoms with Gasteiger partial charge in [-0.1, -0.05) is 6.08 Å². The molecule has 0 aromatic rings. The summed E-state index contributed by atoms with van der Waals surface area (Å²) in [6, 6.07) is 0. The Morgan fingerprint density at radius 1 is 1.14 bits per heavy atom. The molecule has 2 saturated heterocycles. The topological polar surface area (TPSA) is 53.1 Å². The summed E-state index contributed by atoms with van der Waals surface area (Å²) in [5.41, 5.74) is 0. The lowest BCUT2D eigenvalue weighted by atomic mass is 10.1. The van der Waals surface area contributed by atoms with E-state index in [1.165, 1.54) is 6.42 Å². The van der Waals surface area contributed by atoms with E-state index >= 15 is 0 Å². The average molecular weight is 309 g/mol. The molecule has 0 aliphatic carbocycles. The molecule has 1 atom stereocenters. The summed E-state index contributed by atoms with van der Waals surface area (Å²) >= 11 is 0. The molecule has 0 aromatic heterocycles. The average Bonchev–Trinajstić information content (AvgIpc) is 2.96. The molecule has 6 heteroatoms. The van der Waals surface area contributed by atoms with Crippen LogP contribution in [0.15, 0.2) is 12.2 Å². The molecule has 2 aliphatic rings. The Morgan fingerprint density at radius 3 is 2.55 bits per heavy atom. The monoisotopic (exact) mass is 309 g/mol. The van der Waals surface area contributed by atoms with E-state index < -0.39 is 0 Å². The number of ether oxygens (including phenoxy) is 1. The SMILES string of the molecule is CN(C)C/C=C/C(=O)N1CC[C@@H](OC(=O)N2CCCCC2)C1. The van der Waals surface area contributed by atoms with E-state index in [2.05, 4.69) is 0 Å². The van der Waals surface area contributed by atoms with Gasteiger partial charge in [-0.15, -0.1) is 0 Å². The van der Waals surface area contributed by atoms with Crippen LogP contribution < -0.4 is 0 Å². The van der Waals surface area contributed by atoms with Crippen LogP contribution in [0.4, 0.5) is 4.79 Å². The first-order chi connectivity index (χ1) is 10.6. The summed E-state index contributed by atoms with van der Waals surface area (Å²) < 4.78 is 5.53. The Bertz CT molecular complexity index is 417. The first kappa shape index (κ1) is 16.8. The van der Waals surface area contributed by atoms with Crippen LogP contribution in [0.3, 0.4) is 0 Å². The van der Waals surface area contributed by atoms with Crippen molar-refractivity contribution >= 4 is 12.0 Å². The molecular formula is C16H27N3O3. The summed E-state index contributed by atoms with van der Waals surface area (Å²) in [6.07, 6.45) is 7.11. The van der Waals surface area contributed by atoms with Crippen molar-refractivity contribution in [3.63, 3.8) is 0 Å². The predicted molar refractivity (Wildman–Crippen MR) is 84.6 cm³/mol. The molecule has 2 rings (SSSR count). The van der Waals surface area contributed by atoms with Crippen molar-refractivity contribution in [2.45, 2.75) is 31.8 Å². The van der Waals surface area contributed by atoms with Crippen molar-refractivity contribution in [2.75, 3.05) is 46.8 Å². The van der Waals surface area contributed by atoms with E-state index in [1.54, 1.807) is 15.9 Å². The molecule has 6 nitrogen and oxygen atoms in total. The summed E-state index contributed by atoms with van der Waals surface area (Å²) in [6.45, 7) is 3.49. The molecule has 124 valence electrons. The third kappa shape index (κ3) is 5.02. The molecule has 0 saturated carbocycles. The fourth-order valence-electron chi connectivity index (χ4n) is 2.79. The number of likely N-dealkylation sites (tertiary alicyclic amines) is 2. The maximum atomic E-state index is 12.1. The summed E-state index contributed by atoms with van der Waals surface area (Å²) in [5, 5.41) is 0. The van der Waals surface area contributed by atoms with Gasteiger partial charge in [0.2, 0.25) is 5.91 Å².